The molecule has 192 valence electrons. The molecule has 1 aliphatic heterocycles. The van der Waals surface area contributed by atoms with Gasteiger partial charge in [0.1, 0.15) is 0 Å². The summed E-state index contributed by atoms with van der Waals surface area (Å²) in [6.07, 6.45) is 3.83. The third-order valence-corrected chi connectivity index (χ3v) is 7.28. The van der Waals surface area contributed by atoms with Crippen molar-refractivity contribution in [1.29, 1.82) is 0 Å². The normalized spacial score (nSPS) is 16.6. The molecule has 1 atom stereocenters. The fraction of sp³-hybridized carbons (Fsp3) is 0.143. The Balaban J connectivity index is 0.00000380. The number of amides is 1. The highest BCUT2D eigenvalue weighted by Crippen LogP contribution is 2.28. The van der Waals surface area contributed by atoms with Gasteiger partial charge >= 0.3 is 0 Å². The zero-order chi connectivity index (χ0) is 25.8. The average molecular weight is 597 g/mol. The standard InChI is InChI=1S/C28H22Cl4N2O2.ClH/c29-22-8-6-18(12-24(22)31)10-20-15-34(28(36)26(33)14-17-4-2-1-3-5-17)16-21(27(20)35)11-19-7-9-23(30)25(32)13-19;/h1-13,26H,14-16,33H2;1H/b20-10-,21-11-;/t26-;/m0./s1. The highest BCUT2D eigenvalue weighted by Gasteiger charge is 2.31. The summed E-state index contributed by atoms with van der Waals surface area (Å²) in [5.74, 6) is -0.417. The molecule has 2 N–H and O–H groups in total. The van der Waals surface area contributed by atoms with Gasteiger partial charge in [0.25, 0.3) is 0 Å². The highest BCUT2D eigenvalue weighted by atomic mass is 35.5. The third-order valence-electron chi connectivity index (χ3n) is 5.80. The number of piperidine rings is 1. The van der Waals surface area contributed by atoms with Crippen LogP contribution in [0.1, 0.15) is 16.7 Å². The second-order valence-corrected chi connectivity index (χ2v) is 10.1. The van der Waals surface area contributed by atoms with Crippen molar-refractivity contribution in [2.24, 2.45) is 5.73 Å². The van der Waals surface area contributed by atoms with Crippen molar-refractivity contribution in [3.8, 4) is 0 Å². The molecule has 1 aliphatic rings. The van der Waals surface area contributed by atoms with Crippen LogP contribution < -0.4 is 5.73 Å². The Morgan fingerprint density at radius 2 is 1.30 bits per heavy atom. The fourth-order valence-corrected chi connectivity index (χ4v) is 4.60. The first-order valence-electron chi connectivity index (χ1n) is 11.2. The first-order valence-corrected chi connectivity index (χ1v) is 12.7. The molecule has 0 spiro atoms. The SMILES string of the molecule is Cl.N[C@@H](Cc1ccccc1)C(=O)N1C/C(=C/c2ccc(Cl)c(Cl)c2)C(=O)/C(=C\c2ccc(Cl)c(Cl)c2)C1. The number of halogens is 5. The molecule has 1 heterocycles. The van der Waals surface area contributed by atoms with Crippen molar-refractivity contribution in [2.45, 2.75) is 12.5 Å². The van der Waals surface area contributed by atoms with E-state index in [1.807, 2.05) is 30.3 Å². The monoisotopic (exact) mass is 594 g/mol. The van der Waals surface area contributed by atoms with E-state index in [1.165, 1.54) is 0 Å². The van der Waals surface area contributed by atoms with E-state index in [1.54, 1.807) is 53.5 Å². The molecule has 0 aromatic heterocycles. The Morgan fingerprint density at radius 3 is 1.76 bits per heavy atom. The summed E-state index contributed by atoms with van der Waals surface area (Å²) >= 11 is 24.4. The van der Waals surface area contributed by atoms with Crippen molar-refractivity contribution in [1.82, 2.24) is 4.90 Å². The van der Waals surface area contributed by atoms with Gasteiger partial charge in [-0.3, -0.25) is 9.59 Å². The van der Waals surface area contributed by atoms with Crippen LogP contribution in [0.2, 0.25) is 20.1 Å². The summed E-state index contributed by atoms with van der Waals surface area (Å²) in [4.78, 5) is 28.4. The van der Waals surface area contributed by atoms with E-state index in [2.05, 4.69) is 0 Å². The van der Waals surface area contributed by atoms with Crippen LogP contribution in [0.5, 0.6) is 0 Å². The van der Waals surface area contributed by atoms with Crippen LogP contribution in [0.4, 0.5) is 0 Å². The maximum atomic E-state index is 13.4. The van der Waals surface area contributed by atoms with Gasteiger partial charge in [-0.05, 0) is 59.5 Å². The number of hydrogen-bond donors (Lipinski definition) is 1. The minimum atomic E-state index is -0.752. The zero-order valence-electron chi connectivity index (χ0n) is 19.5. The predicted molar refractivity (Wildman–Crippen MR) is 156 cm³/mol. The number of carbonyl (C=O) groups is 2. The lowest BCUT2D eigenvalue weighted by Gasteiger charge is -2.32. The molecule has 0 unspecified atom stereocenters. The number of carbonyl (C=O) groups excluding carboxylic acids is 2. The van der Waals surface area contributed by atoms with Gasteiger partial charge in [-0.25, -0.2) is 0 Å². The molecule has 1 amide bonds. The van der Waals surface area contributed by atoms with Gasteiger partial charge in [0.05, 0.1) is 26.1 Å². The molecular weight excluding hydrogens is 574 g/mol. The summed E-state index contributed by atoms with van der Waals surface area (Å²) in [7, 11) is 0. The summed E-state index contributed by atoms with van der Waals surface area (Å²) in [6.45, 7) is 0.248. The second kappa shape index (κ2) is 13.0. The van der Waals surface area contributed by atoms with Crippen LogP contribution in [-0.4, -0.2) is 35.7 Å². The summed E-state index contributed by atoms with van der Waals surface area (Å²) in [5.41, 5.74) is 9.54. The van der Waals surface area contributed by atoms with Gasteiger partial charge in [0.15, 0.2) is 5.78 Å². The van der Waals surface area contributed by atoms with Crippen LogP contribution >= 0.6 is 58.8 Å². The molecule has 4 rings (SSSR count). The van der Waals surface area contributed by atoms with Crippen LogP contribution in [-0.2, 0) is 16.0 Å². The molecule has 4 nitrogen and oxygen atoms in total. The number of rotatable bonds is 5. The van der Waals surface area contributed by atoms with Crippen molar-refractivity contribution in [2.75, 3.05) is 13.1 Å². The molecular formula is C28H23Cl5N2O2. The van der Waals surface area contributed by atoms with Crippen molar-refractivity contribution in [3.63, 3.8) is 0 Å². The Kier molecular flexibility index (Phi) is 10.3. The average Bonchev–Trinajstić information content (AvgIpc) is 2.86. The fourth-order valence-electron chi connectivity index (χ4n) is 3.99. The van der Waals surface area contributed by atoms with Crippen LogP contribution in [0.15, 0.2) is 77.9 Å². The second-order valence-electron chi connectivity index (χ2n) is 8.51. The van der Waals surface area contributed by atoms with Gasteiger partial charge < -0.3 is 10.6 Å². The number of benzene rings is 3. The Bertz CT molecular complexity index is 1300. The molecule has 3 aromatic carbocycles. The zero-order valence-corrected chi connectivity index (χ0v) is 23.3. The Hall–Kier alpha value is -2.31. The van der Waals surface area contributed by atoms with E-state index in [-0.39, 0.29) is 37.2 Å². The Labute approximate surface area is 242 Å². The number of likely N-dealkylation sites (tertiary alicyclic amines) is 1. The van der Waals surface area contributed by atoms with Crippen molar-refractivity contribution < 1.29 is 9.59 Å². The molecule has 1 fully saturated rings. The predicted octanol–water partition coefficient (Wildman–Crippen LogP) is 7.17. The summed E-state index contributed by atoms with van der Waals surface area (Å²) in [5, 5.41) is 1.58. The quantitative estimate of drug-likeness (QED) is 0.318. The molecule has 1 saturated heterocycles. The molecule has 0 radical (unpaired) electrons. The van der Waals surface area contributed by atoms with E-state index in [4.69, 9.17) is 52.1 Å². The van der Waals surface area contributed by atoms with E-state index < -0.39 is 6.04 Å². The molecule has 0 saturated carbocycles. The number of ketones is 1. The number of hydrogen-bond acceptors (Lipinski definition) is 3. The van der Waals surface area contributed by atoms with Crippen LogP contribution in [0.25, 0.3) is 12.2 Å². The summed E-state index contributed by atoms with van der Waals surface area (Å²) in [6, 6.07) is 19.0. The lowest BCUT2D eigenvalue weighted by atomic mass is 9.93. The van der Waals surface area contributed by atoms with Gasteiger partial charge in [0, 0.05) is 24.2 Å². The molecule has 37 heavy (non-hydrogen) atoms. The van der Waals surface area contributed by atoms with E-state index in [0.717, 1.165) is 5.56 Å². The van der Waals surface area contributed by atoms with Crippen molar-refractivity contribution in [3.05, 3.63) is 115 Å². The third kappa shape index (κ3) is 7.38. The van der Waals surface area contributed by atoms with Crippen LogP contribution in [0.3, 0.4) is 0 Å². The first kappa shape index (κ1) is 29.2. The van der Waals surface area contributed by atoms with Crippen LogP contribution in [0, 0.1) is 0 Å². The topological polar surface area (TPSA) is 63.4 Å². The Morgan fingerprint density at radius 1 is 0.811 bits per heavy atom. The van der Waals surface area contributed by atoms with Gasteiger partial charge in [-0.2, -0.15) is 0 Å². The smallest absolute Gasteiger partial charge is 0.240 e. The molecule has 3 aromatic rings. The van der Waals surface area contributed by atoms with E-state index >= 15 is 0 Å². The van der Waals surface area contributed by atoms with E-state index in [9.17, 15) is 9.59 Å². The molecule has 0 aliphatic carbocycles. The number of Topliss-reactive ketones (excluding diaryl/α,β-unsaturated/α-hetero) is 1. The minimum Gasteiger partial charge on any atom is -0.332 e. The summed E-state index contributed by atoms with van der Waals surface area (Å²) < 4.78 is 0. The first-order chi connectivity index (χ1) is 17.2. The maximum Gasteiger partial charge on any atom is 0.240 e. The lowest BCUT2D eigenvalue weighted by molar-refractivity contribution is -0.132. The number of nitrogens with zero attached hydrogens (tertiary/aromatic N) is 1. The van der Waals surface area contributed by atoms with Gasteiger partial charge in [0.2, 0.25) is 5.91 Å². The largest absolute Gasteiger partial charge is 0.332 e. The lowest BCUT2D eigenvalue weighted by Crippen LogP contribution is -2.49. The van der Waals surface area contributed by atoms with Crippen molar-refractivity contribution >= 4 is 82.7 Å². The van der Waals surface area contributed by atoms with Gasteiger partial charge in [-0.1, -0.05) is 88.9 Å². The highest BCUT2D eigenvalue weighted by molar-refractivity contribution is 6.42. The maximum absolute atomic E-state index is 13.4. The minimum absolute atomic E-state index is 0. The molecule has 0 bridgehead atoms. The van der Waals surface area contributed by atoms with E-state index in [0.29, 0.717) is 48.8 Å². The number of nitrogens with two attached hydrogens (primary N) is 1. The molecule has 9 heteroatoms. The van der Waals surface area contributed by atoms with Gasteiger partial charge in [-0.15, -0.1) is 12.4 Å².